The maximum atomic E-state index is 9.22. The van der Waals surface area contributed by atoms with Crippen molar-refractivity contribution in [2.45, 2.75) is 32.2 Å². The Balaban J connectivity index is 0.000000325. The molecule has 0 N–H and O–H groups in total. The lowest BCUT2D eigenvalue weighted by Crippen LogP contribution is -2.30. The summed E-state index contributed by atoms with van der Waals surface area (Å²) in [5, 5.41) is 0. The van der Waals surface area contributed by atoms with Gasteiger partial charge in [-0.15, -0.1) is 0 Å². The molecular weight excluding hydrogens is 234 g/mol. The molecule has 0 spiro atoms. The van der Waals surface area contributed by atoms with Crippen molar-refractivity contribution in [3.05, 3.63) is 0 Å². The minimum absolute atomic E-state index is 0.315. The van der Waals surface area contributed by atoms with Gasteiger partial charge in [0.1, 0.15) is 6.54 Å². The molecule has 0 atom stereocenters. The maximum absolute atomic E-state index is 9.22. The van der Waals surface area contributed by atoms with Crippen molar-refractivity contribution in [1.82, 2.24) is 0 Å². The van der Waals surface area contributed by atoms with E-state index in [1.165, 1.54) is 12.8 Å². The van der Waals surface area contributed by atoms with E-state index in [0.29, 0.717) is 5.54 Å². The minimum atomic E-state index is -4.41. The molecule has 1 fully saturated rings. The van der Waals surface area contributed by atoms with E-state index >= 15 is 0 Å². The molecule has 0 unspecified atom stereocenters. The van der Waals surface area contributed by atoms with E-state index in [0.717, 1.165) is 13.7 Å². The molecule has 0 saturated carbocycles. The average molecular weight is 253 g/mol. The monoisotopic (exact) mass is 253 g/mol. The van der Waals surface area contributed by atoms with Crippen LogP contribution in [0.25, 0.3) is 0 Å². The molecular formula is C9H19NO5S. The van der Waals surface area contributed by atoms with E-state index in [1.807, 2.05) is 6.40 Å². The normalized spacial score (nSPS) is 21.4. The van der Waals surface area contributed by atoms with E-state index in [4.69, 9.17) is 4.74 Å². The third-order valence-electron chi connectivity index (χ3n) is 2.40. The van der Waals surface area contributed by atoms with E-state index in [1.54, 1.807) is 7.11 Å². The van der Waals surface area contributed by atoms with Gasteiger partial charge < -0.3 is 9.29 Å². The smallest absolute Gasteiger partial charge is 0.323 e. The fourth-order valence-electron chi connectivity index (χ4n) is 1.45. The molecule has 0 aromatic heterocycles. The first kappa shape index (κ1) is 15.3. The third-order valence-corrected chi connectivity index (χ3v) is 2.81. The number of methoxy groups -OCH3 is 1. The van der Waals surface area contributed by atoms with Crippen LogP contribution in [-0.4, -0.2) is 50.3 Å². The van der Waals surface area contributed by atoms with Gasteiger partial charge in [-0.1, -0.05) is 0 Å². The molecule has 6 nitrogen and oxygen atoms in total. The highest BCUT2D eigenvalue weighted by atomic mass is 32.3. The SMILES string of the molecule is COC=[N+]1CCCC1(C)C.COS(=O)(=O)[O-]. The van der Waals surface area contributed by atoms with Gasteiger partial charge in [0.2, 0.25) is 10.4 Å². The summed E-state index contributed by atoms with van der Waals surface area (Å²) in [6.45, 7) is 5.63. The number of nitrogens with zero attached hydrogens (tertiary/aromatic N) is 1. The zero-order valence-corrected chi connectivity index (χ0v) is 10.9. The molecule has 1 rings (SSSR count). The molecule has 96 valence electrons. The fourth-order valence-corrected chi connectivity index (χ4v) is 1.45. The Morgan fingerprint density at radius 3 is 2.12 bits per heavy atom. The van der Waals surface area contributed by atoms with Crippen LogP contribution in [0.5, 0.6) is 0 Å². The van der Waals surface area contributed by atoms with Crippen molar-refractivity contribution in [2.24, 2.45) is 0 Å². The van der Waals surface area contributed by atoms with Gasteiger partial charge in [0.25, 0.3) is 0 Å². The van der Waals surface area contributed by atoms with Gasteiger partial charge in [-0.3, -0.25) is 4.18 Å². The standard InChI is InChI=1S/C8H16NO.CH4O4S/c1-8(2)5-4-6-9(8)7-10-3;1-5-6(2,3)4/h7H,4-6H2,1-3H3;1H3,(H,2,3,4)/q+1;/p-1. The first-order valence-electron chi connectivity index (χ1n) is 4.87. The van der Waals surface area contributed by atoms with Gasteiger partial charge in [-0.05, 0) is 0 Å². The first-order chi connectivity index (χ1) is 7.23. The summed E-state index contributed by atoms with van der Waals surface area (Å²) >= 11 is 0. The van der Waals surface area contributed by atoms with E-state index < -0.39 is 10.4 Å². The molecule has 16 heavy (non-hydrogen) atoms. The topological polar surface area (TPSA) is 78.7 Å². The van der Waals surface area contributed by atoms with Gasteiger partial charge >= 0.3 is 6.40 Å². The van der Waals surface area contributed by atoms with Crippen LogP contribution < -0.4 is 0 Å². The summed E-state index contributed by atoms with van der Waals surface area (Å²) in [5.41, 5.74) is 0.315. The van der Waals surface area contributed by atoms with Crippen molar-refractivity contribution in [3.8, 4) is 0 Å². The van der Waals surface area contributed by atoms with E-state index in [-0.39, 0.29) is 0 Å². The Labute approximate surface area is 96.8 Å². The Morgan fingerprint density at radius 1 is 1.38 bits per heavy atom. The minimum Gasteiger partial charge on any atom is -0.726 e. The van der Waals surface area contributed by atoms with Crippen molar-refractivity contribution >= 4 is 16.8 Å². The second-order valence-electron chi connectivity index (χ2n) is 4.03. The molecule has 0 amide bonds. The second kappa shape index (κ2) is 6.17. The van der Waals surface area contributed by atoms with Crippen molar-refractivity contribution in [3.63, 3.8) is 0 Å². The summed E-state index contributed by atoms with van der Waals surface area (Å²) in [5.74, 6) is 0. The van der Waals surface area contributed by atoms with Gasteiger partial charge in [0.05, 0.1) is 14.2 Å². The lowest BCUT2D eigenvalue weighted by molar-refractivity contribution is -0.580. The molecule has 7 heteroatoms. The molecule has 0 aliphatic carbocycles. The number of ether oxygens (including phenoxy) is 1. The molecule has 1 saturated heterocycles. The second-order valence-corrected chi connectivity index (χ2v) is 5.18. The van der Waals surface area contributed by atoms with Gasteiger partial charge in [0.15, 0.2) is 5.54 Å². The number of hydrogen-bond acceptors (Lipinski definition) is 5. The average Bonchev–Trinajstić information content (AvgIpc) is 2.47. The van der Waals surface area contributed by atoms with Crippen LogP contribution >= 0.6 is 0 Å². The van der Waals surface area contributed by atoms with Crippen LogP contribution in [0.4, 0.5) is 0 Å². The summed E-state index contributed by atoms with van der Waals surface area (Å²) in [7, 11) is -1.90. The molecule has 1 aliphatic rings. The third kappa shape index (κ3) is 6.04. The molecule has 0 radical (unpaired) electrons. The van der Waals surface area contributed by atoms with Crippen LogP contribution in [0, 0.1) is 0 Å². The van der Waals surface area contributed by atoms with Crippen molar-refractivity contribution in [1.29, 1.82) is 0 Å². The lowest BCUT2D eigenvalue weighted by Gasteiger charge is -2.12. The van der Waals surface area contributed by atoms with Gasteiger partial charge in [-0.2, -0.15) is 0 Å². The summed E-state index contributed by atoms with van der Waals surface area (Å²) in [4.78, 5) is 0. The maximum Gasteiger partial charge on any atom is 0.323 e. The van der Waals surface area contributed by atoms with Gasteiger partial charge in [-0.25, -0.2) is 13.0 Å². The van der Waals surface area contributed by atoms with E-state index in [2.05, 4.69) is 22.6 Å². The molecule has 0 aromatic carbocycles. The Morgan fingerprint density at radius 2 is 1.88 bits per heavy atom. The van der Waals surface area contributed by atoms with Crippen LogP contribution in [0.15, 0.2) is 0 Å². The Bertz CT molecular complexity index is 334. The zero-order chi connectivity index (χ0) is 12.8. The quantitative estimate of drug-likeness (QED) is 0.307. The summed E-state index contributed by atoms with van der Waals surface area (Å²) in [6.07, 6.45) is 4.38. The highest BCUT2D eigenvalue weighted by molar-refractivity contribution is 7.80. The summed E-state index contributed by atoms with van der Waals surface area (Å²) < 4.78 is 38.2. The largest absolute Gasteiger partial charge is 0.726 e. The fraction of sp³-hybridized carbons (Fsp3) is 0.889. The zero-order valence-electron chi connectivity index (χ0n) is 10.1. The Kier molecular flexibility index (Phi) is 5.91. The van der Waals surface area contributed by atoms with Crippen LogP contribution in [0.3, 0.4) is 0 Å². The highest BCUT2D eigenvalue weighted by Gasteiger charge is 2.35. The molecule has 1 aliphatic heterocycles. The lowest BCUT2D eigenvalue weighted by atomic mass is 10.0. The van der Waals surface area contributed by atoms with E-state index in [9.17, 15) is 13.0 Å². The van der Waals surface area contributed by atoms with Crippen molar-refractivity contribution < 1.29 is 26.5 Å². The summed E-state index contributed by atoms with van der Waals surface area (Å²) in [6, 6.07) is 0. The predicted molar refractivity (Wildman–Crippen MR) is 58.2 cm³/mol. The molecule has 0 bridgehead atoms. The number of hydrogen-bond donors (Lipinski definition) is 0. The van der Waals surface area contributed by atoms with Crippen LogP contribution in [0.1, 0.15) is 26.7 Å². The van der Waals surface area contributed by atoms with Crippen LogP contribution in [-0.2, 0) is 19.3 Å². The first-order valence-corrected chi connectivity index (χ1v) is 6.20. The molecule has 1 heterocycles. The predicted octanol–water partition coefficient (Wildman–Crippen LogP) is 0.339. The number of rotatable bonds is 2. The van der Waals surface area contributed by atoms with Crippen molar-refractivity contribution in [2.75, 3.05) is 20.8 Å². The Hall–Kier alpha value is -0.660. The molecule has 0 aromatic rings. The van der Waals surface area contributed by atoms with Crippen LogP contribution in [0.2, 0.25) is 0 Å². The highest BCUT2D eigenvalue weighted by Crippen LogP contribution is 2.22. The van der Waals surface area contributed by atoms with Gasteiger partial charge in [0, 0.05) is 26.7 Å².